The van der Waals surface area contributed by atoms with Crippen molar-refractivity contribution in [3.05, 3.63) is 42.1 Å². The number of aromatic amines is 1. The molecular weight excluding hydrogens is 412 g/mol. The van der Waals surface area contributed by atoms with Crippen molar-refractivity contribution in [1.29, 1.82) is 0 Å². The van der Waals surface area contributed by atoms with Gasteiger partial charge in [-0.25, -0.2) is 23.4 Å². The second-order valence-electron chi connectivity index (χ2n) is 9.32. The third kappa shape index (κ3) is 4.16. The Kier molecular flexibility index (Phi) is 5.51. The Hall–Kier alpha value is -2.52. The van der Waals surface area contributed by atoms with Crippen LogP contribution in [0.25, 0.3) is 11.0 Å². The van der Waals surface area contributed by atoms with E-state index in [1.807, 2.05) is 6.07 Å². The van der Waals surface area contributed by atoms with Crippen molar-refractivity contribution in [2.45, 2.75) is 50.8 Å². The zero-order valence-electron chi connectivity index (χ0n) is 18.8. The summed E-state index contributed by atoms with van der Waals surface area (Å²) in [5.41, 5.74) is 1.50. The van der Waals surface area contributed by atoms with Gasteiger partial charge in [0, 0.05) is 61.4 Å². The van der Waals surface area contributed by atoms with E-state index in [0.717, 1.165) is 17.3 Å². The molecule has 0 bridgehead atoms. The molecule has 3 aromatic heterocycles. The molecule has 0 amide bonds. The van der Waals surface area contributed by atoms with Gasteiger partial charge in [0.25, 0.3) is 0 Å². The first-order valence-electron chi connectivity index (χ1n) is 10.6. The quantitative estimate of drug-likeness (QED) is 0.666. The molecule has 0 aromatic carbocycles. The SMILES string of the molecule is CC(C)c1nc(N2CCN(S(=O)(=O)c3c[nH]c4ncccc34)CC2)cc(C(C)(C)C)n1. The lowest BCUT2D eigenvalue weighted by Crippen LogP contribution is -2.49. The molecule has 1 fully saturated rings. The first kappa shape index (κ1) is 21.7. The molecule has 0 spiro atoms. The minimum atomic E-state index is -3.60. The Morgan fingerprint density at radius 2 is 1.81 bits per heavy atom. The van der Waals surface area contributed by atoms with Crippen molar-refractivity contribution in [3.8, 4) is 0 Å². The minimum Gasteiger partial charge on any atom is -0.354 e. The molecule has 0 radical (unpaired) electrons. The molecule has 1 aliphatic rings. The fourth-order valence-electron chi connectivity index (χ4n) is 3.70. The molecule has 4 heterocycles. The van der Waals surface area contributed by atoms with Crippen molar-refractivity contribution in [1.82, 2.24) is 24.2 Å². The number of nitrogens with one attached hydrogen (secondary N) is 1. The lowest BCUT2D eigenvalue weighted by Gasteiger charge is -2.35. The maximum Gasteiger partial charge on any atom is 0.245 e. The molecule has 166 valence electrons. The van der Waals surface area contributed by atoms with Gasteiger partial charge in [0.2, 0.25) is 10.0 Å². The third-order valence-corrected chi connectivity index (χ3v) is 7.55. The fourth-order valence-corrected chi connectivity index (χ4v) is 5.27. The van der Waals surface area contributed by atoms with Gasteiger partial charge < -0.3 is 9.88 Å². The number of anilines is 1. The van der Waals surface area contributed by atoms with Crippen molar-refractivity contribution < 1.29 is 8.42 Å². The normalized spacial score (nSPS) is 16.4. The van der Waals surface area contributed by atoms with Crippen LogP contribution in [0.1, 0.15) is 52.1 Å². The van der Waals surface area contributed by atoms with Crippen LogP contribution in [0.5, 0.6) is 0 Å². The Bertz CT molecular complexity index is 1190. The Labute approximate surface area is 183 Å². The molecule has 1 saturated heterocycles. The van der Waals surface area contributed by atoms with E-state index in [-0.39, 0.29) is 16.2 Å². The molecule has 31 heavy (non-hydrogen) atoms. The number of aromatic nitrogens is 4. The van der Waals surface area contributed by atoms with E-state index in [4.69, 9.17) is 9.97 Å². The average Bonchev–Trinajstić information content (AvgIpc) is 3.18. The highest BCUT2D eigenvalue weighted by atomic mass is 32.2. The summed E-state index contributed by atoms with van der Waals surface area (Å²) in [6.07, 6.45) is 3.18. The van der Waals surface area contributed by atoms with Crippen molar-refractivity contribution in [2.24, 2.45) is 0 Å². The number of hydrogen-bond acceptors (Lipinski definition) is 6. The van der Waals surface area contributed by atoms with Crippen LogP contribution in [0.2, 0.25) is 0 Å². The topological polar surface area (TPSA) is 95.1 Å². The van der Waals surface area contributed by atoms with Gasteiger partial charge in [-0.2, -0.15) is 4.31 Å². The number of piperazine rings is 1. The van der Waals surface area contributed by atoms with Crippen LogP contribution in [-0.4, -0.2) is 58.8 Å². The predicted molar refractivity (Wildman–Crippen MR) is 122 cm³/mol. The zero-order chi connectivity index (χ0) is 22.4. The summed E-state index contributed by atoms with van der Waals surface area (Å²) in [5, 5.41) is 0.622. The van der Waals surface area contributed by atoms with Gasteiger partial charge in [0.05, 0.1) is 5.69 Å². The Morgan fingerprint density at radius 1 is 1.10 bits per heavy atom. The lowest BCUT2D eigenvalue weighted by atomic mass is 9.91. The van der Waals surface area contributed by atoms with Gasteiger partial charge in [-0.05, 0) is 12.1 Å². The molecule has 9 heteroatoms. The summed E-state index contributed by atoms with van der Waals surface area (Å²) in [6.45, 7) is 12.6. The highest BCUT2D eigenvalue weighted by Gasteiger charge is 2.31. The van der Waals surface area contributed by atoms with Crippen molar-refractivity contribution >= 4 is 26.9 Å². The van der Waals surface area contributed by atoms with E-state index in [9.17, 15) is 8.42 Å². The maximum absolute atomic E-state index is 13.3. The molecule has 1 aliphatic heterocycles. The van der Waals surface area contributed by atoms with Gasteiger partial charge in [0.1, 0.15) is 22.2 Å². The largest absolute Gasteiger partial charge is 0.354 e. The summed E-state index contributed by atoms with van der Waals surface area (Å²) in [6, 6.07) is 5.58. The molecular formula is C22H30N6O2S. The molecule has 1 N–H and O–H groups in total. The van der Waals surface area contributed by atoms with Crippen LogP contribution < -0.4 is 4.90 Å². The summed E-state index contributed by atoms with van der Waals surface area (Å²) < 4.78 is 28.1. The van der Waals surface area contributed by atoms with Crippen LogP contribution in [-0.2, 0) is 15.4 Å². The van der Waals surface area contributed by atoms with E-state index in [1.54, 1.807) is 22.6 Å². The van der Waals surface area contributed by atoms with Gasteiger partial charge in [-0.3, -0.25) is 0 Å². The van der Waals surface area contributed by atoms with Gasteiger partial charge in [0.15, 0.2) is 0 Å². The zero-order valence-corrected chi connectivity index (χ0v) is 19.6. The molecule has 0 aliphatic carbocycles. The second-order valence-corrected chi connectivity index (χ2v) is 11.2. The number of hydrogen-bond donors (Lipinski definition) is 1. The summed E-state index contributed by atoms with van der Waals surface area (Å²) in [5.74, 6) is 1.92. The molecule has 8 nitrogen and oxygen atoms in total. The smallest absolute Gasteiger partial charge is 0.245 e. The summed E-state index contributed by atoms with van der Waals surface area (Å²) in [7, 11) is -3.60. The summed E-state index contributed by atoms with van der Waals surface area (Å²) >= 11 is 0. The molecule has 3 aromatic rings. The van der Waals surface area contributed by atoms with Crippen LogP contribution in [0, 0.1) is 0 Å². The van der Waals surface area contributed by atoms with E-state index in [2.05, 4.69) is 49.5 Å². The number of rotatable bonds is 4. The molecule has 0 unspecified atom stereocenters. The monoisotopic (exact) mass is 442 g/mol. The third-order valence-electron chi connectivity index (χ3n) is 5.61. The van der Waals surface area contributed by atoms with Crippen molar-refractivity contribution in [2.75, 3.05) is 31.1 Å². The average molecular weight is 443 g/mol. The Morgan fingerprint density at radius 3 is 2.45 bits per heavy atom. The number of nitrogens with zero attached hydrogens (tertiary/aromatic N) is 5. The highest BCUT2D eigenvalue weighted by molar-refractivity contribution is 7.89. The van der Waals surface area contributed by atoms with Crippen LogP contribution >= 0.6 is 0 Å². The van der Waals surface area contributed by atoms with Gasteiger partial charge in [-0.1, -0.05) is 34.6 Å². The first-order valence-corrected chi connectivity index (χ1v) is 12.1. The van der Waals surface area contributed by atoms with E-state index in [1.165, 1.54) is 6.20 Å². The van der Waals surface area contributed by atoms with Crippen molar-refractivity contribution in [3.63, 3.8) is 0 Å². The number of H-pyrrole nitrogens is 1. The van der Waals surface area contributed by atoms with Crippen LogP contribution in [0.3, 0.4) is 0 Å². The van der Waals surface area contributed by atoms with Crippen LogP contribution in [0.4, 0.5) is 5.82 Å². The minimum absolute atomic E-state index is 0.0874. The lowest BCUT2D eigenvalue weighted by molar-refractivity contribution is 0.383. The molecule has 0 saturated carbocycles. The highest BCUT2D eigenvalue weighted by Crippen LogP contribution is 2.28. The predicted octanol–water partition coefficient (Wildman–Crippen LogP) is 3.28. The second kappa shape index (κ2) is 7.87. The number of fused-ring (bicyclic) bond motifs is 1. The standard InChI is InChI=1S/C22H30N6O2S/c1-15(2)20-25-18(22(3,4)5)13-19(26-20)27-9-11-28(12-10-27)31(29,30)17-14-24-21-16(17)7-6-8-23-21/h6-8,13-15H,9-12H2,1-5H3,(H,23,24). The van der Waals surface area contributed by atoms with E-state index < -0.39 is 10.0 Å². The van der Waals surface area contributed by atoms with E-state index in [0.29, 0.717) is 37.2 Å². The Balaban J connectivity index is 1.57. The van der Waals surface area contributed by atoms with Gasteiger partial charge >= 0.3 is 0 Å². The number of pyridine rings is 1. The van der Waals surface area contributed by atoms with Gasteiger partial charge in [-0.15, -0.1) is 0 Å². The van der Waals surface area contributed by atoms with Crippen LogP contribution in [0.15, 0.2) is 35.5 Å². The number of sulfonamides is 1. The summed E-state index contributed by atoms with van der Waals surface area (Å²) in [4.78, 5) is 19.1. The fraction of sp³-hybridized carbons (Fsp3) is 0.500. The first-order chi connectivity index (χ1) is 14.6. The van der Waals surface area contributed by atoms with E-state index >= 15 is 0 Å². The molecule has 0 atom stereocenters. The maximum atomic E-state index is 13.3. The molecule has 4 rings (SSSR count).